The molecule has 0 aromatic carbocycles. The Morgan fingerprint density at radius 3 is 3.00 bits per heavy atom. The number of tetrazole rings is 1. The van der Waals surface area contributed by atoms with Crippen LogP contribution in [-0.4, -0.2) is 36.3 Å². The van der Waals surface area contributed by atoms with Crippen molar-refractivity contribution in [1.29, 1.82) is 0 Å². The molecule has 0 saturated heterocycles. The molecule has 2 aromatic heterocycles. The van der Waals surface area contributed by atoms with Gasteiger partial charge in [-0.25, -0.2) is 4.68 Å². The lowest BCUT2D eigenvalue weighted by atomic mass is 10.1. The Hall–Kier alpha value is -2.25. The van der Waals surface area contributed by atoms with E-state index in [1.54, 1.807) is 4.68 Å². The molecule has 0 fully saturated rings. The first-order valence-corrected chi connectivity index (χ1v) is 7.78. The maximum Gasteiger partial charge on any atom is 0.222 e. The molecule has 2 N–H and O–H groups in total. The van der Waals surface area contributed by atoms with Crippen molar-refractivity contribution in [3.8, 4) is 0 Å². The highest BCUT2D eigenvalue weighted by Crippen LogP contribution is 2.21. The van der Waals surface area contributed by atoms with Crippen molar-refractivity contribution >= 4 is 5.91 Å². The number of nitrogens with zero attached hydrogens (tertiary/aromatic N) is 5. The second-order valence-electron chi connectivity index (χ2n) is 5.66. The molecule has 0 aliphatic heterocycles. The molecule has 3 rings (SSSR count). The second kappa shape index (κ2) is 6.67. The molecule has 0 unspecified atom stereocenters. The van der Waals surface area contributed by atoms with Crippen LogP contribution in [0.1, 0.15) is 48.5 Å². The molecular weight excluding hydrogens is 282 g/mol. The van der Waals surface area contributed by atoms with Gasteiger partial charge < -0.3 is 5.32 Å². The molecular formula is C14H21N7O. The highest BCUT2D eigenvalue weighted by molar-refractivity contribution is 5.75. The van der Waals surface area contributed by atoms with Gasteiger partial charge in [-0.1, -0.05) is 6.42 Å². The number of H-pyrrole nitrogens is 1. The van der Waals surface area contributed by atoms with Gasteiger partial charge in [0.1, 0.15) is 5.82 Å². The normalized spacial score (nSPS) is 14.4. The summed E-state index contributed by atoms with van der Waals surface area (Å²) in [6.45, 7) is 2.79. The topological polar surface area (TPSA) is 101 Å². The number of carbonyl (C=O) groups excluding carboxylic acids is 1. The smallest absolute Gasteiger partial charge is 0.222 e. The molecule has 0 bridgehead atoms. The third-order valence-electron chi connectivity index (χ3n) is 4.11. The quantitative estimate of drug-likeness (QED) is 0.791. The third kappa shape index (κ3) is 3.32. The SMILES string of the molecule is Cc1nnnn1CCC(=O)NCc1n[nH]c2c1CCCCC2. The van der Waals surface area contributed by atoms with Crippen molar-refractivity contribution in [2.24, 2.45) is 0 Å². The van der Waals surface area contributed by atoms with Crippen LogP contribution in [0, 0.1) is 6.92 Å². The van der Waals surface area contributed by atoms with Crippen LogP contribution in [-0.2, 0) is 30.7 Å². The van der Waals surface area contributed by atoms with Crippen molar-refractivity contribution in [1.82, 2.24) is 35.7 Å². The number of rotatable bonds is 5. The Kier molecular flexibility index (Phi) is 4.45. The number of aromatic amines is 1. The average molecular weight is 303 g/mol. The number of nitrogens with one attached hydrogen (secondary N) is 2. The van der Waals surface area contributed by atoms with Crippen molar-refractivity contribution in [2.45, 2.75) is 58.5 Å². The molecule has 8 nitrogen and oxygen atoms in total. The molecule has 2 heterocycles. The van der Waals surface area contributed by atoms with E-state index in [9.17, 15) is 4.79 Å². The van der Waals surface area contributed by atoms with E-state index >= 15 is 0 Å². The van der Waals surface area contributed by atoms with Crippen LogP contribution < -0.4 is 5.32 Å². The zero-order valence-corrected chi connectivity index (χ0v) is 12.8. The van der Waals surface area contributed by atoms with E-state index in [1.165, 1.54) is 30.5 Å². The van der Waals surface area contributed by atoms with Crippen LogP contribution in [0.4, 0.5) is 0 Å². The summed E-state index contributed by atoms with van der Waals surface area (Å²) in [6, 6.07) is 0. The van der Waals surface area contributed by atoms with Gasteiger partial charge in [0.05, 0.1) is 18.8 Å². The van der Waals surface area contributed by atoms with E-state index in [0.717, 1.165) is 18.5 Å². The van der Waals surface area contributed by atoms with E-state index in [1.807, 2.05) is 6.92 Å². The minimum Gasteiger partial charge on any atom is -0.350 e. The Labute approximate surface area is 128 Å². The van der Waals surface area contributed by atoms with Gasteiger partial charge in [-0.05, 0) is 48.6 Å². The number of fused-ring (bicyclic) bond motifs is 1. The predicted molar refractivity (Wildman–Crippen MR) is 78.9 cm³/mol. The van der Waals surface area contributed by atoms with Gasteiger partial charge in [-0.3, -0.25) is 9.89 Å². The van der Waals surface area contributed by atoms with Gasteiger partial charge in [0, 0.05) is 12.1 Å². The van der Waals surface area contributed by atoms with Gasteiger partial charge in [0.15, 0.2) is 0 Å². The summed E-state index contributed by atoms with van der Waals surface area (Å²) in [5, 5.41) is 21.6. The third-order valence-corrected chi connectivity index (χ3v) is 4.11. The zero-order chi connectivity index (χ0) is 15.4. The van der Waals surface area contributed by atoms with Crippen LogP contribution in [0.3, 0.4) is 0 Å². The molecule has 0 atom stereocenters. The van der Waals surface area contributed by atoms with E-state index in [0.29, 0.717) is 25.3 Å². The summed E-state index contributed by atoms with van der Waals surface area (Å²) < 4.78 is 1.63. The summed E-state index contributed by atoms with van der Waals surface area (Å²) in [5.41, 5.74) is 3.52. The molecule has 1 aliphatic carbocycles. The van der Waals surface area contributed by atoms with Crippen molar-refractivity contribution < 1.29 is 4.79 Å². The Balaban J connectivity index is 1.51. The number of amides is 1. The molecule has 118 valence electrons. The lowest BCUT2D eigenvalue weighted by Gasteiger charge is -2.06. The summed E-state index contributed by atoms with van der Waals surface area (Å²) in [7, 11) is 0. The summed E-state index contributed by atoms with van der Waals surface area (Å²) in [5.74, 6) is 0.700. The van der Waals surface area contributed by atoms with Gasteiger partial charge in [-0.2, -0.15) is 5.10 Å². The van der Waals surface area contributed by atoms with E-state index in [2.05, 4.69) is 31.0 Å². The van der Waals surface area contributed by atoms with E-state index in [-0.39, 0.29) is 5.91 Å². The highest BCUT2D eigenvalue weighted by atomic mass is 16.1. The molecule has 22 heavy (non-hydrogen) atoms. The van der Waals surface area contributed by atoms with Gasteiger partial charge >= 0.3 is 0 Å². The molecule has 2 aromatic rings. The van der Waals surface area contributed by atoms with Crippen LogP contribution >= 0.6 is 0 Å². The lowest BCUT2D eigenvalue weighted by Crippen LogP contribution is -2.25. The molecule has 1 amide bonds. The fourth-order valence-corrected chi connectivity index (χ4v) is 2.81. The molecule has 0 saturated carbocycles. The molecule has 1 aliphatic rings. The maximum atomic E-state index is 11.9. The van der Waals surface area contributed by atoms with Crippen LogP contribution in [0.2, 0.25) is 0 Å². The first-order valence-electron chi connectivity index (χ1n) is 7.78. The summed E-state index contributed by atoms with van der Waals surface area (Å²) >= 11 is 0. The zero-order valence-electron chi connectivity index (χ0n) is 12.8. The number of hydrogen-bond donors (Lipinski definition) is 2. The van der Waals surface area contributed by atoms with Gasteiger partial charge in [0.25, 0.3) is 0 Å². The Morgan fingerprint density at radius 2 is 2.18 bits per heavy atom. The van der Waals surface area contributed by atoms with E-state index in [4.69, 9.17) is 0 Å². The summed E-state index contributed by atoms with van der Waals surface area (Å²) in [6.07, 6.45) is 6.16. The van der Waals surface area contributed by atoms with Crippen molar-refractivity contribution in [3.05, 3.63) is 22.8 Å². The molecule has 8 heteroatoms. The Bertz CT molecular complexity index is 645. The average Bonchev–Trinajstić information content (AvgIpc) is 3.02. The highest BCUT2D eigenvalue weighted by Gasteiger charge is 2.16. The lowest BCUT2D eigenvalue weighted by molar-refractivity contribution is -0.121. The minimum absolute atomic E-state index is 0.0136. The standard InChI is InChI=1S/C14H21N7O/c1-10-16-19-20-21(10)8-7-14(22)15-9-13-11-5-3-2-4-6-12(11)17-18-13/h2-9H2,1H3,(H,15,22)(H,17,18). The first-order chi connectivity index (χ1) is 10.7. The van der Waals surface area contributed by atoms with Crippen molar-refractivity contribution in [2.75, 3.05) is 0 Å². The Morgan fingerprint density at radius 1 is 1.32 bits per heavy atom. The first kappa shape index (κ1) is 14.7. The second-order valence-corrected chi connectivity index (χ2v) is 5.66. The van der Waals surface area contributed by atoms with Crippen molar-refractivity contribution in [3.63, 3.8) is 0 Å². The largest absolute Gasteiger partial charge is 0.350 e. The van der Waals surface area contributed by atoms with E-state index < -0.39 is 0 Å². The fraction of sp³-hybridized carbons (Fsp3) is 0.643. The number of carbonyl (C=O) groups is 1. The number of aromatic nitrogens is 6. The number of aryl methyl sites for hydroxylation is 3. The monoisotopic (exact) mass is 303 g/mol. The van der Waals surface area contributed by atoms with Crippen LogP contribution in [0.15, 0.2) is 0 Å². The van der Waals surface area contributed by atoms with Crippen LogP contribution in [0.5, 0.6) is 0 Å². The maximum absolute atomic E-state index is 11.9. The summed E-state index contributed by atoms with van der Waals surface area (Å²) in [4.78, 5) is 11.9. The molecule has 0 spiro atoms. The van der Waals surface area contributed by atoms with Crippen LogP contribution in [0.25, 0.3) is 0 Å². The van der Waals surface area contributed by atoms with Gasteiger partial charge in [-0.15, -0.1) is 5.10 Å². The number of hydrogen-bond acceptors (Lipinski definition) is 5. The predicted octanol–water partition coefficient (Wildman–Crippen LogP) is 0.680. The van der Waals surface area contributed by atoms with Gasteiger partial charge in [0.2, 0.25) is 5.91 Å². The minimum atomic E-state index is -0.0136. The molecule has 0 radical (unpaired) electrons. The fourth-order valence-electron chi connectivity index (χ4n) is 2.81.